The second-order valence-corrected chi connectivity index (χ2v) is 9.97. The Hall–Kier alpha value is -3.71. The normalized spacial score (nSPS) is 24.5. The molecule has 1 aromatic rings. The Morgan fingerprint density at radius 3 is 1.95 bits per heavy atom. The van der Waals surface area contributed by atoms with E-state index in [9.17, 15) is 24.0 Å². The van der Waals surface area contributed by atoms with E-state index in [1.807, 2.05) is 0 Å². The smallest absolute Gasteiger partial charge is 0.303 e. The van der Waals surface area contributed by atoms with Crippen LogP contribution >= 0.6 is 11.8 Å². The third kappa shape index (κ3) is 7.45. The summed E-state index contributed by atoms with van der Waals surface area (Å²) in [6, 6.07) is 8.79. The highest BCUT2D eigenvalue weighted by Gasteiger charge is 2.53. The second-order valence-electron chi connectivity index (χ2n) is 8.90. The van der Waals surface area contributed by atoms with Crippen LogP contribution in [0.15, 0.2) is 46.6 Å². The zero-order valence-corrected chi connectivity index (χ0v) is 23.2. The molecule has 2 aliphatic rings. The zero-order chi connectivity index (χ0) is 28.9. The van der Waals surface area contributed by atoms with Crippen molar-refractivity contribution in [2.24, 2.45) is 4.99 Å². The molecule has 210 valence electrons. The van der Waals surface area contributed by atoms with Crippen LogP contribution in [0.4, 0.5) is 5.69 Å². The quantitative estimate of drug-likeness (QED) is 0.274. The monoisotopic (exact) mass is 562 g/mol. The summed E-state index contributed by atoms with van der Waals surface area (Å²) in [4.78, 5) is 66.9. The molecule has 1 fully saturated rings. The summed E-state index contributed by atoms with van der Waals surface area (Å²) < 4.78 is 27.7. The second kappa shape index (κ2) is 12.9. The first kappa shape index (κ1) is 29.8. The summed E-state index contributed by atoms with van der Waals surface area (Å²) in [6.07, 6.45) is -5.01. The number of amides is 1. The van der Waals surface area contributed by atoms with Crippen LogP contribution in [0.3, 0.4) is 0 Å². The summed E-state index contributed by atoms with van der Waals surface area (Å²) in [7, 11) is 0. The van der Waals surface area contributed by atoms with E-state index < -0.39 is 53.7 Å². The van der Waals surface area contributed by atoms with E-state index >= 15 is 0 Å². The lowest BCUT2D eigenvalue weighted by atomic mass is 9.99. The molecule has 0 bridgehead atoms. The number of carbonyl (C=O) groups is 5. The minimum atomic E-state index is -1.33. The highest BCUT2D eigenvalue weighted by atomic mass is 32.2. The number of amidine groups is 1. The maximum atomic E-state index is 13.3. The van der Waals surface area contributed by atoms with Crippen LogP contribution in [0.2, 0.25) is 0 Å². The Morgan fingerprint density at radius 2 is 1.41 bits per heavy atom. The number of nitrogens with zero attached hydrogens (tertiary/aromatic N) is 2. The maximum Gasteiger partial charge on any atom is 0.303 e. The number of rotatable bonds is 7. The number of para-hydroxylation sites is 1. The average molecular weight is 563 g/mol. The Morgan fingerprint density at radius 1 is 0.846 bits per heavy atom. The molecule has 1 aromatic carbocycles. The number of esters is 4. The Labute approximate surface area is 229 Å². The van der Waals surface area contributed by atoms with E-state index in [1.54, 1.807) is 44.2 Å². The molecule has 0 radical (unpaired) electrons. The van der Waals surface area contributed by atoms with Crippen LogP contribution in [-0.2, 0) is 47.7 Å². The molecule has 1 amide bonds. The van der Waals surface area contributed by atoms with E-state index in [2.05, 4.69) is 4.99 Å². The predicted octanol–water partition coefficient (Wildman–Crippen LogP) is 2.50. The molecule has 12 nitrogen and oxygen atoms in total. The number of anilines is 1. The van der Waals surface area contributed by atoms with Gasteiger partial charge in [-0.05, 0) is 31.6 Å². The largest absolute Gasteiger partial charge is 0.463 e. The number of ether oxygens (including phenoxy) is 5. The maximum absolute atomic E-state index is 13.3. The number of allylic oxidation sites excluding steroid dienone is 1. The molecular weight excluding hydrogens is 532 g/mol. The third-order valence-electron chi connectivity index (χ3n) is 5.46. The number of thioether (sulfide) groups is 1. The van der Waals surface area contributed by atoms with Crippen LogP contribution in [0.5, 0.6) is 0 Å². The van der Waals surface area contributed by atoms with Gasteiger partial charge in [0.05, 0.1) is 5.69 Å². The highest BCUT2D eigenvalue weighted by Crippen LogP contribution is 2.38. The number of carbonyl (C=O) groups excluding carboxylic acids is 5. The summed E-state index contributed by atoms with van der Waals surface area (Å²) >= 11 is 0.945. The van der Waals surface area contributed by atoms with Crippen molar-refractivity contribution < 1.29 is 47.7 Å². The lowest BCUT2D eigenvalue weighted by Gasteiger charge is -2.44. The summed E-state index contributed by atoms with van der Waals surface area (Å²) in [6.45, 7) is 7.79. The molecule has 0 spiro atoms. The van der Waals surface area contributed by atoms with Crippen molar-refractivity contribution in [3.05, 3.63) is 41.6 Å². The number of hydrogen-bond donors (Lipinski definition) is 0. The van der Waals surface area contributed by atoms with Crippen molar-refractivity contribution >= 4 is 52.4 Å². The van der Waals surface area contributed by atoms with Crippen molar-refractivity contribution in [3.63, 3.8) is 0 Å². The van der Waals surface area contributed by atoms with Gasteiger partial charge in [-0.2, -0.15) is 0 Å². The van der Waals surface area contributed by atoms with Gasteiger partial charge < -0.3 is 23.7 Å². The topological polar surface area (TPSA) is 147 Å². The van der Waals surface area contributed by atoms with Gasteiger partial charge in [-0.15, -0.1) is 0 Å². The van der Waals surface area contributed by atoms with Crippen LogP contribution < -0.4 is 4.90 Å². The molecule has 0 saturated carbocycles. The molecular formula is C26H30N2O10S. The third-order valence-corrected chi connectivity index (χ3v) is 6.56. The molecule has 0 N–H and O–H groups in total. The van der Waals surface area contributed by atoms with Gasteiger partial charge in [-0.25, -0.2) is 4.99 Å². The van der Waals surface area contributed by atoms with Crippen molar-refractivity contribution in [1.82, 2.24) is 0 Å². The highest BCUT2D eigenvalue weighted by molar-refractivity contribution is 8.14. The van der Waals surface area contributed by atoms with Crippen LogP contribution in [0.1, 0.15) is 41.5 Å². The average Bonchev–Trinajstić information content (AvgIpc) is 3.17. The fourth-order valence-corrected chi connectivity index (χ4v) is 5.17. The first-order valence-electron chi connectivity index (χ1n) is 12.0. The zero-order valence-electron chi connectivity index (χ0n) is 22.4. The van der Waals surface area contributed by atoms with Gasteiger partial charge in [0.1, 0.15) is 18.4 Å². The molecule has 39 heavy (non-hydrogen) atoms. The van der Waals surface area contributed by atoms with E-state index in [0.717, 1.165) is 32.5 Å². The fourth-order valence-electron chi connectivity index (χ4n) is 3.98. The van der Waals surface area contributed by atoms with Gasteiger partial charge in [-0.1, -0.05) is 30.0 Å². The lowest BCUT2D eigenvalue weighted by Crippen LogP contribution is -2.61. The van der Waals surface area contributed by atoms with Gasteiger partial charge in [0.2, 0.25) is 0 Å². The van der Waals surface area contributed by atoms with Gasteiger partial charge in [-0.3, -0.25) is 28.9 Å². The van der Waals surface area contributed by atoms with E-state index in [0.29, 0.717) is 11.3 Å². The number of hydrogen-bond acceptors (Lipinski definition) is 12. The van der Waals surface area contributed by atoms with Crippen molar-refractivity contribution in [2.45, 2.75) is 71.4 Å². The summed E-state index contributed by atoms with van der Waals surface area (Å²) in [5.74, 6) is -3.17. The molecule has 2 aliphatic heterocycles. The van der Waals surface area contributed by atoms with Gasteiger partial charge in [0, 0.05) is 27.7 Å². The number of aliphatic imine (C=N–C) groups is 1. The molecule has 0 unspecified atom stereocenters. The van der Waals surface area contributed by atoms with Crippen molar-refractivity contribution in [2.75, 3.05) is 11.5 Å². The number of benzene rings is 1. The van der Waals surface area contributed by atoms with E-state index in [-0.39, 0.29) is 23.4 Å². The van der Waals surface area contributed by atoms with Gasteiger partial charge in [0.25, 0.3) is 5.91 Å². The minimum Gasteiger partial charge on any atom is -0.463 e. The lowest BCUT2D eigenvalue weighted by molar-refractivity contribution is -0.237. The molecule has 0 aromatic heterocycles. The standard InChI is InChI=1S/C26H30N2O10S/c1-13(2)20-24(33)28(18-10-8-7-9-11-18)26(27-20)39-25-23(37-17(6)32)22(36-16(5)31)21(35-15(4)30)19(38-25)12-34-14(3)29/h7-11,19,21-23,25H,12H2,1-6H3/t19-,21+,22-,23+,25-/m0/s1. The predicted molar refractivity (Wildman–Crippen MR) is 139 cm³/mol. The fraction of sp³-hybridized carbons (Fsp3) is 0.462. The van der Waals surface area contributed by atoms with Crippen LogP contribution in [-0.4, -0.2) is 71.4 Å². The van der Waals surface area contributed by atoms with Gasteiger partial charge in [0.15, 0.2) is 28.9 Å². The van der Waals surface area contributed by atoms with Gasteiger partial charge >= 0.3 is 23.9 Å². The molecule has 3 rings (SSSR count). The minimum absolute atomic E-state index is 0.211. The summed E-state index contributed by atoms with van der Waals surface area (Å²) in [5.41, 5.74) is 0.320. The Balaban J connectivity index is 2.08. The molecule has 2 heterocycles. The molecule has 0 aliphatic carbocycles. The van der Waals surface area contributed by atoms with E-state index in [4.69, 9.17) is 23.7 Å². The van der Waals surface area contributed by atoms with Crippen LogP contribution in [0.25, 0.3) is 0 Å². The first-order chi connectivity index (χ1) is 18.4. The van der Waals surface area contributed by atoms with Crippen molar-refractivity contribution in [1.29, 1.82) is 0 Å². The van der Waals surface area contributed by atoms with Crippen molar-refractivity contribution in [3.8, 4) is 0 Å². The SMILES string of the molecule is CC(=O)OC[C@@H]1O[C@@H](SC2=NC(=C(C)C)C(=O)N2c2ccccc2)[C@H](OC(C)=O)[C@@H](OC(C)=O)[C@@H]1OC(C)=O. The molecule has 13 heteroatoms. The summed E-state index contributed by atoms with van der Waals surface area (Å²) in [5, 5.41) is 0.211. The molecule has 5 atom stereocenters. The molecule has 1 saturated heterocycles. The Bertz CT molecular complexity index is 1190. The first-order valence-corrected chi connectivity index (χ1v) is 12.9. The van der Waals surface area contributed by atoms with E-state index in [1.165, 1.54) is 11.8 Å². The van der Waals surface area contributed by atoms with Crippen LogP contribution in [0, 0.1) is 0 Å². The Kier molecular flexibility index (Phi) is 9.86.